The summed E-state index contributed by atoms with van der Waals surface area (Å²) in [5.41, 5.74) is 3.47. The van der Waals surface area contributed by atoms with E-state index in [9.17, 15) is 14.4 Å². The number of nitrogens with one attached hydrogen (secondary N) is 4. The molecule has 0 aliphatic carbocycles. The number of benzene rings is 3. The van der Waals surface area contributed by atoms with E-state index in [1.54, 1.807) is 29.2 Å². The topological polar surface area (TPSA) is 124 Å². The van der Waals surface area contributed by atoms with E-state index in [1.165, 1.54) is 5.56 Å². The second kappa shape index (κ2) is 13.2. The van der Waals surface area contributed by atoms with Gasteiger partial charge in [-0.25, -0.2) is 4.79 Å². The third kappa shape index (κ3) is 7.18. The van der Waals surface area contributed by atoms with Gasteiger partial charge in [0.1, 0.15) is 18.5 Å². The number of rotatable bonds is 8. The van der Waals surface area contributed by atoms with Gasteiger partial charge < -0.3 is 20.3 Å². The maximum Gasteiger partial charge on any atom is 0.413 e. The molecule has 3 aromatic carbocycles. The summed E-state index contributed by atoms with van der Waals surface area (Å²) in [5, 5.41) is 16.9. The monoisotopic (exact) mass is 553 g/mol. The summed E-state index contributed by atoms with van der Waals surface area (Å²) in [7, 11) is 0. The minimum Gasteiger partial charge on any atom is -0.444 e. The maximum absolute atomic E-state index is 13.3. The zero-order valence-corrected chi connectivity index (χ0v) is 22.8. The SMILES string of the molecule is N=C(NC(=O)OCc1ccccc1)c1ccc(CNC(=O)[C@@H]2CCN2C(=O)[C@H]2C[C@@H](c3ccccc3)CCN2)cc1. The molecular formula is C32H35N5O4. The van der Waals surface area contributed by atoms with Gasteiger partial charge in [-0.15, -0.1) is 0 Å². The van der Waals surface area contributed by atoms with Gasteiger partial charge >= 0.3 is 6.09 Å². The van der Waals surface area contributed by atoms with Gasteiger partial charge in [0.25, 0.3) is 0 Å². The molecule has 2 aliphatic heterocycles. The van der Waals surface area contributed by atoms with Crippen molar-refractivity contribution in [3.05, 3.63) is 107 Å². The number of amidine groups is 1. The summed E-state index contributed by atoms with van der Waals surface area (Å²) < 4.78 is 5.17. The first-order valence-corrected chi connectivity index (χ1v) is 14.0. The lowest BCUT2D eigenvalue weighted by molar-refractivity contribution is -0.149. The predicted molar refractivity (Wildman–Crippen MR) is 155 cm³/mol. The molecule has 3 amide bonds. The number of amides is 3. The lowest BCUT2D eigenvalue weighted by Crippen LogP contribution is -2.62. The number of ether oxygens (including phenoxy) is 1. The Morgan fingerprint density at radius 1 is 0.902 bits per heavy atom. The van der Waals surface area contributed by atoms with Gasteiger partial charge in [-0.05, 0) is 48.4 Å². The highest BCUT2D eigenvalue weighted by atomic mass is 16.5. The molecule has 3 aromatic rings. The van der Waals surface area contributed by atoms with Gasteiger partial charge in [0.15, 0.2) is 0 Å². The lowest BCUT2D eigenvalue weighted by atomic mass is 9.85. The van der Waals surface area contributed by atoms with Crippen LogP contribution >= 0.6 is 0 Å². The Hall–Kier alpha value is -4.50. The molecule has 0 aromatic heterocycles. The van der Waals surface area contributed by atoms with Crippen LogP contribution in [0.3, 0.4) is 0 Å². The molecule has 0 saturated carbocycles. The van der Waals surface area contributed by atoms with Crippen molar-refractivity contribution in [2.24, 2.45) is 0 Å². The quantitative estimate of drug-likeness (QED) is 0.250. The van der Waals surface area contributed by atoms with Crippen molar-refractivity contribution in [3.8, 4) is 0 Å². The van der Waals surface area contributed by atoms with E-state index in [-0.39, 0.29) is 30.3 Å². The van der Waals surface area contributed by atoms with Crippen molar-refractivity contribution >= 4 is 23.7 Å². The molecule has 5 rings (SSSR count). The zero-order valence-electron chi connectivity index (χ0n) is 22.8. The maximum atomic E-state index is 13.3. The molecule has 0 spiro atoms. The van der Waals surface area contributed by atoms with Gasteiger partial charge in [-0.1, -0.05) is 84.9 Å². The Morgan fingerprint density at radius 2 is 1.61 bits per heavy atom. The molecule has 41 heavy (non-hydrogen) atoms. The van der Waals surface area contributed by atoms with Crippen LogP contribution in [0, 0.1) is 5.41 Å². The first-order chi connectivity index (χ1) is 20.0. The lowest BCUT2D eigenvalue weighted by Gasteiger charge is -2.43. The largest absolute Gasteiger partial charge is 0.444 e. The Bertz CT molecular complexity index is 1360. The molecular weight excluding hydrogens is 518 g/mol. The van der Waals surface area contributed by atoms with Crippen LogP contribution in [0.1, 0.15) is 47.4 Å². The second-order valence-corrected chi connectivity index (χ2v) is 10.5. The van der Waals surface area contributed by atoms with Crippen molar-refractivity contribution in [1.29, 1.82) is 5.41 Å². The van der Waals surface area contributed by atoms with Crippen LogP contribution in [0.4, 0.5) is 4.79 Å². The third-order valence-electron chi connectivity index (χ3n) is 7.73. The van der Waals surface area contributed by atoms with Crippen molar-refractivity contribution < 1.29 is 19.1 Å². The number of piperidine rings is 1. The van der Waals surface area contributed by atoms with Crippen LogP contribution in [0.5, 0.6) is 0 Å². The highest BCUT2D eigenvalue weighted by Crippen LogP contribution is 2.30. The smallest absolute Gasteiger partial charge is 0.413 e. The Morgan fingerprint density at radius 3 is 2.29 bits per heavy atom. The van der Waals surface area contributed by atoms with Crippen LogP contribution in [0.15, 0.2) is 84.9 Å². The molecule has 0 bridgehead atoms. The fourth-order valence-corrected chi connectivity index (χ4v) is 5.29. The highest BCUT2D eigenvalue weighted by Gasteiger charge is 2.41. The number of carbonyl (C=O) groups excluding carboxylic acids is 3. The van der Waals surface area contributed by atoms with E-state index in [0.29, 0.717) is 31.0 Å². The van der Waals surface area contributed by atoms with Crippen molar-refractivity contribution in [1.82, 2.24) is 20.9 Å². The highest BCUT2D eigenvalue weighted by molar-refractivity contribution is 6.04. The molecule has 9 nitrogen and oxygen atoms in total. The van der Waals surface area contributed by atoms with Crippen LogP contribution in [-0.2, 0) is 27.5 Å². The van der Waals surface area contributed by atoms with Crippen LogP contribution in [0.2, 0.25) is 0 Å². The molecule has 3 atom stereocenters. The van der Waals surface area contributed by atoms with E-state index in [1.807, 2.05) is 48.5 Å². The number of nitrogens with zero attached hydrogens (tertiary/aromatic N) is 1. The van der Waals surface area contributed by atoms with Crippen LogP contribution in [-0.4, -0.2) is 53.8 Å². The Labute approximate surface area is 239 Å². The number of likely N-dealkylation sites (tertiary alicyclic amines) is 1. The fourth-order valence-electron chi connectivity index (χ4n) is 5.29. The Balaban J connectivity index is 1.06. The van der Waals surface area contributed by atoms with Crippen molar-refractivity contribution in [2.75, 3.05) is 13.1 Å². The molecule has 2 heterocycles. The number of hydrogen-bond donors (Lipinski definition) is 4. The normalized spacial score (nSPS) is 19.9. The van der Waals surface area contributed by atoms with Crippen molar-refractivity contribution in [2.45, 2.75) is 50.4 Å². The average Bonchev–Trinajstić information content (AvgIpc) is 2.99. The average molecular weight is 554 g/mol. The standard InChI is InChI=1S/C32H35N5O4/c33-29(36-32(40)41-21-23-7-3-1-4-8-23)25-13-11-22(12-14-25)20-35-30(38)28-16-18-37(28)31(39)27-19-26(15-17-34-27)24-9-5-2-6-10-24/h1-14,26-28,34H,15-21H2,(H,35,38)(H2,33,36,40)/t26-,27+,28-/m0/s1. The number of carbonyl (C=O) groups is 3. The first kappa shape index (κ1) is 28.0. The summed E-state index contributed by atoms with van der Waals surface area (Å²) in [6.45, 7) is 1.78. The molecule has 2 aliphatic rings. The van der Waals surface area contributed by atoms with Crippen LogP contribution in [0.25, 0.3) is 0 Å². The summed E-state index contributed by atoms with van der Waals surface area (Å²) in [4.78, 5) is 39.9. The minimum atomic E-state index is -0.700. The van der Waals surface area contributed by atoms with Gasteiger partial charge in [-0.3, -0.25) is 20.3 Å². The van der Waals surface area contributed by atoms with Crippen LogP contribution < -0.4 is 16.0 Å². The molecule has 9 heteroatoms. The van der Waals surface area contributed by atoms with E-state index in [4.69, 9.17) is 10.1 Å². The summed E-state index contributed by atoms with van der Waals surface area (Å²) in [6.07, 6.45) is 1.67. The molecule has 2 fully saturated rings. The van der Waals surface area contributed by atoms with Gasteiger partial charge in [0.2, 0.25) is 11.8 Å². The van der Waals surface area contributed by atoms with E-state index in [2.05, 4.69) is 28.1 Å². The predicted octanol–water partition coefficient (Wildman–Crippen LogP) is 3.69. The fraction of sp³-hybridized carbons (Fsp3) is 0.312. The molecule has 2 saturated heterocycles. The molecule has 0 unspecified atom stereocenters. The summed E-state index contributed by atoms with van der Waals surface area (Å²) in [5.74, 6) is 0.0852. The van der Waals surface area contributed by atoms with E-state index < -0.39 is 12.1 Å². The van der Waals surface area contributed by atoms with Gasteiger partial charge in [-0.2, -0.15) is 0 Å². The molecule has 4 N–H and O–H groups in total. The minimum absolute atomic E-state index is 0.00492. The zero-order chi connectivity index (χ0) is 28.6. The first-order valence-electron chi connectivity index (χ1n) is 14.0. The van der Waals surface area contributed by atoms with E-state index >= 15 is 0 Å². The number of hydrogen-bond acceptors (Lipinski definition) is 6. The van der Waals surface area contributed by atoms with Gasteiger partial charge in [0.05, 0.1) is 6.04 Å². The number of alkyl carbamates (subject to hydrolysis) is 1. The third-order valence-corrected chi connectivity index (χ3v) is 7.73. The molecule has 212 valence electrons. The van der Waals surface area contributed by atoms with Crippen molar-refractivity contribution in [3.63, 3.8) is 0 Å². The Kier molecular flexibility index (Phi) is 9.05. The van der Waals surface area contributed by atoms with E-state index in [0.717, 1.165) is 30.5 Å². The summed E-state index contributed by atoms with van der Waals surface area (Å²) >= 11 is 0. The molecule has 0 radical (unpaired) electrons. The summed E-state index contributed by atoms with van der Waals surface area (Å²) in [6, 6.07) is 25.9. The second-order valence-electron chi connectivity index (χ2n) is 10.5. The van der Waals surface area contributed by atoms with Gasteiger partial charge in [0, 0.05) is 18.7 Å².